The Morgan fingerprint density at radius 3 is 2.00 bits per heavy atom. The second-order valence-corrected chi connectivity index (χ2v) is 4.56. The number of unbranched alkanes of at least 4 members (excludes halogenated alkanes) is 1. The lowest BCUT2D eigenvalue weighted by molar-refractivity contribution is 0.188. The van der Waals surface area contributed by atoms with Crippen LogP contribution in [0.1, 0.15) is 66.4 Å². The Labute approximate surface area is 127 Å². The van der Waals surface area contributed by atoms with E-state index in [0.29, 0.717) is 0 Å². The molecule has 1 heteroatoms. The minimum absolute atomic E-state index is 0.824. The fraction of sp³-hybridized carbons (Fsp3) is 0.684. The molecule has 1 aliphatic heterocycles. The summed E-state index contributed by atoms with van der Waals surface area (Å²) in [6.07, 6.45) is 5.09. The number of aryl methyl sites for hydroxylation is 1. The molecule has 1 atom stereocenters. The molecule has 1 aromatic carbocycles. The van der Waals surface area contributed by atoms with E-state index in [1.165, 1.54) is 31.2 Å². The highest BCUT2D eigenvalue weighted by Gasteiger charge is 2.07. The maximum atomic E-state index is 5.06. The molecule has 0 radical (unpaired) electrons. The first-order chi connectivity index (χ1) is 9.83. The van der Waals surface area contributed by atoms with Gasteiger partial charge in [0.25, 0.3) is 0 Å². The van der Waals surface area contributed by atoms with Crippen LogP contribution in [-0.4, -0.2) is 13.2 Å². The lowest BCUT2D eigenvalue weighted by Gasteiger charge is -1.96. The summed E-state index contributed by atoms with van der Waals surface area (Å²) in [4.78, 5) is 0. The SMILES string of the molecule is CC.CC.CC1CCOC1.CCCCc1ccccc1. The summed E-state index contributed by atoms with van der Waals surface area (Å²) in [6, 6.07) is 10.6. The van der Waals surface area contributed by atoms with Gasteiger partial charge in [-0.25, -0.2) is 0 Å². The van der Waals surface area contributed by atoms with Crippen LogP contribution in [-0.2, 0) is 11.2 Å². The third-order valence-electron chi connectivity index (χ3n) is 2.82. The predicted octanol–water partition coefficient (Wildman–Crippen LogP) is 6.12. The zero-order chi connectivity index (χ0) is 15.6. The van der Waals surface area contributed by atoms with Crippen molar-refractivity contribution in [2.45, 2.75) is 67.2 Å². The second-order valence-electron chi connectivity index (χ2n) is 4.56. The van der Waals surface area contributed by atoms with Gasteiger partial charge in [0.15, 0.2) is 0 Å². The zero-order valence-electron chi connectivity index (χ0n) is 14.6. The van der Waals surface area contributed by atoms with Crippen molar-refractivity contribution >= 4 is 0 Å². The summed E-state index contributed by atoms with van der Waals surface area (Å²) < 4.78 is 5.06. The molecule has 0 N–H and O–H groups in total. The van der Waals surface area contributed by atoms with Gasteiger partial charge >= 0.3 is 0 Å². The molecule has 0 saturated carbocycles. The lowest BCUT2D eigenvalue weighted by Crippen LogP contribution is -1.88. The number of hydrogen-bond donors (Lipinski definition) is 0. The molecule has 1 unspecified atom stereocenters. The van der Waals surface area contributed by atoms with Crippen LogP contribution in [0.2, 0.25) is 0 Å². The summed E-state index contributed by atoms with van der Waals surface area (Å²) >= 11 is 0. The van der Waals surface area contributed by atoms with Crippen LogP contribution in [0.4, 0.5) is 0 Å². The van der Waals surface area contributed by atoms with Crippen molar-refractivity contribution in [3.05, 3.63) is 35.9 Å². The highest BCUT2D eigenvalue weighted by Crippen LogP contribution is 2.09. The van der Waals surface area contributed by atoms with E-state index in [9.17, 15) is 0 Å². The van der Waals surface area contributed by atoms with E-state index >= 15 is 0 Å². The van der Waals surface area contributed by atoms with Crippen molar-refractivity contribution < 1.29 is 4.74 Å². The van der Waals surface area contributed by atoms with Crippen LogP contribution in [0.3, 0.4) is 0 Å². The highest BCUT2D eigenvalue weighted by atomic mass is 16.5. The molecule has 1 aliphatic rings. The average Bonchev–Trinajstić information content (AvgIpc) is 3.02. The smallest absolute Gasteiger partial charge is 0.0492 e. The molecule has 20 heavy (non-hydrogen) atoms. The third kappa shape index (κ3) is 13.6. The van der Waals surface area contributed by atoms with E-state index in [2.05, 4.69) is 44.2 Å². The Kier molecular flexibility index (Phi) is 19.5. The molecule has 1 saturated heterocycles. The largest absolute Gasteiger partial charge is 0.381 e. The molecule has 1 heterocycles. The minimum atomic E-state index is 0.824. The van der Waals surface area contributed by atoms with Gasteiger partial charge in [0.05, 0.1) is 0 Å². The highest BCUT2D eigenvalue weighted by molar-refractivity contribution is 5.14. The zero-order valence-corrected chi connectivity index (χ0v) is 14.6. The number of ether oxygens (including phenoxy) is 1. The van der Waals surface area contributed by atoms with E-state index in [1.807, 2.05) is 27.7 Å². The maximum Gasteiger partial charge on any atom is 0.0492 e. The standard InChI is InChI=1S/C10H14.C5H10O.2C2H6/c1-2-3-7-10-8-5-4-6-9-10;1-5-2-3-6-4-5;2*1-2/h4-6,8-9H,2-3,7H2,1H3;5H,2-4H2,1H3;2*1-2H3. The van der Waals surface area contributed by atoms with E-state index in [0.717, 1.165) is 19.1 Å². The Bertz CT molecular complexity index is 250. The molecule has 1 fully saturated rings. The maximum absolute atomic E-state index is 5.06. The third-order valence-corrected chi connectivity index (χ3v) is 2.82. The van der Waals surface area contributed by atoms with E-state index in [-0.39, 0.29) is 0 Å². The quantitative estimate of drug-likeness (QED) is 0.647. The Morgan fingerprint density at radius 2 is 1.65 bits per heavy atom. The van der Waals surface area contributed by atoms with Gasteiger partial charge in [0.2, 0.25) is 0 Å². The van der Waals surface area contributed by atoms with E-state index in [4.69, 9.17) is 4.74 Å². The van der Waals surface area contributed by atoms with Gasteiger partial charge in [0, 0.05) is 13.2 Å². The number of hydrogen-bond acceptors (Lipinski definition) is 1. The second kappa shape index (κ2) is 18.2. The summed E-state index contributed by atoms with van der Waals surface area (Å²) in [5.41, 5.74) is 1.46. The molecule has 118 valence electrons. The van der Waals surface area contributed by atoms with Crippen LogP contribution < -0.4 is 0 Å². The Hall–Kier alpha value is -0.820. The summed E-state index contributed by atoms with van der Waals surface area (Å²) in [6.45, 7) is 14.4. The van der Waals surface area contributed by atoms with Crippen LogP contribution in [0.5, 0.6) is 0 Å². The van der Waals surface area contributed by atoms with Gasteiger partial charge in [-0.3, -0.25) is 0 Å². The van der Waals surface area contributed by atoms with Gasteiger partial charge < -0.3 is 4.74 Å². The van der Waals surface area contributed by atoms with Gasteiger partial charge in [-0.15, -0.1) is 0 Å². The van der Waals surface area contributed by atoms with Gasteiger partial charge in [-0.05, 0) is 30.7 Å². The van der Waals surface area contributed by atoms with Crippen LogP contribution in [0.15, 0.2) is 30.3 Å². The molecule has 1 nitrogen and oxygen atoms in total. The van der Waals surface area contributed by atoms with Crippen LogP contribution in [0, 0.1) is 5.92 Å². The van der Waals surface area contributed by atoms with Crippen LogP contribution in [0.25, 0.3) is 0 Å². The van der Waals surface area contributed by atoms with E-state index in [1.54, 1.807) is 0 Å². The van der Waals surface area contributed by atoms with Gasteiger partial charge in [-0.1, -0.05) is 78.3 Å². The minimum Gasteiger partial charge on any atom is -0.381 e. The van der Waals surface area contributed by atoms with Crippen molar-refractivity contribution in [3.8, 4) is 0 Å². The Balaban J connectivity index is 0. The molecule has 2 rings (SSSR count). The van der Waals surface area contributed by atoms with Crippen molar-refractivity contribution in [1.29, 1.82) is 0 Å². The van der Waals surface area contributed by atoms with Gasteiger partial charge in [-0.2, -0.15) is 0 Å². The van der Waals surface area contributed by atoms with Crippen molar-refractivity contribution in [3.63, 3.8) is 0 Å². The van der Waals surface area contributed by atoms with Crippen molar-refractivity contribution in [2.75, 3.05) is 13.2 Å². The normalized spacial score (nSPS) is 15.8. The molecular weight excluding hydrogens is 244 g/mol. The Morgan fingerprint density at radius 1 is 1.05 bits per heavy atom. The lowest BCUT2D eigenvalue weighted by atomic mass is 10.1. The van der Waals surface area contributed by atoms with Gasteiger partial charge in [0.1, 0.15) is 0 Å². The molecule has 0 amide bonds. The fourth-order valence-electron chi connectivity index (χ4n) is 1.68. The number of rotatable bonds is 3. The summed E-state index contributed by atoms with van der Waals surface area (Å²) in [5.74, 6) is 0.824. The van der Waals surface area contributed by atoms with E-state index < -0.39 is 0 Å². The average molecular weight is 280 g/mol. The molecule has 0 bridgehead atoms. The molecule has 0 spiro atoms. The van der Waals surface area contributed by atoms with Crippen molar-refractivity contribution in [2.24, 2.45) is 5.92 Å². The first kappa shape index (κ1) is 21.5. The first-order valence-electron chi connectivity index (χ1n) is 8.44. The summed E-state index contributed by atoms with van der Waals surface area (Å²) in [7, 11) is 0. The van der Waals surface area contributed by atoms with Crippen molar-refractivity contribution in [1.82, 2.24) is 0 Å². The monoisotopic (exact) mass is 280 g/mol. The molecule has 1 aromatic rings. The first-order valence-corrected chi connectivity index (χ1v) is 8.44. The molecule has 0 aliphatic carbocycles. The fourth-order valence-corrected chi connectivity index (χ4v) is 1.68. The topological polar surface area (TPSA) is 9.23 Å². The van der Waals surface area contributed by atoms with Crippen LogP contribution >= 0.6 is 0 Å². The molecular formula is C19H36O. The summed E-state index contributed by atoms with van der Waals surface area (Å²) in [5, 5.41) is 0. The number of benzene rings is 1. The predicted molar refractivity (Wildman–Crippen MR) is 92.4 cm³/mol. The molecule has 0 aromatic heterocycles.